The fourth-order valence-corrected chi connectivity index (χ4v) is 5.07. The van der Waals surface area contributed by atoms with Crippen LogP contribution in [0.25, 0.3) is 0 Å². The first-order chi connectivity index (χ1) is 21.1. The summed E-state index contributed by atoms with van der Waals surface area (Å²) in [5, 5.41) is 9.55. The van der Waals surface area contributed by atoms with Crippen molar-refractivity contribution >= 4 is 17.9 Å². The van der Waals surface area contributed by atoms with Gasteiger partial charge < -0.3 is 23.8 Å². The Kier molecular flexibility index (Phi) is 27.3. The van der Waals surface area contributed by atoms with E-state index in [-0.39, 0.29) is 36.2 Å². The zero-order valence-electron chi connectivity index (χ0n) is 29.1. The van der Waals surface area contributed by atoms with Crippen LogP contribution in [0, 0.1) is 0 Å². The van der Waals surface area contributed by atoms with Gasteiger partial charge >= 0.3 is 17.9 Å². The fourth-order valence-electron chi connectivity index (χ4n) is 5.07. The Morgan fingerprint density at radius 2 is 1.16 bits per heavy atom. The minimum Gasteiger partial charge on any atom is -0.477 e. The third-order valence-corrected chi connectivity index (χ3v) is 7.91. The van der Waals surface area contributed by atoms with E-state index in [2.05, 4.69) is 26.0 Å². The van der Waals surface area contributed by atoms with Gasteiger partial charge in [-0.3, -0.25) is 9.59 Å². The molecule has 2 unspecified atom stereocenters. The number of carbonyl (C=O) groups excluding carboxylic acids is 2. The van der Waals surface area contributed by atoms with Crippen LogP contribution in [-0.4, -0.2) is 80.6 Å². The van der Waals surface area contributed by atoms with Gasteiger partial charge in [-0.15, -0.1) is 0 Å². The van der Waals surface area contributed by atoms with E-state index in [1.807, 2.05) is 21.1 Å². The fraction of sp³-hybridized carbons (Fsp3) is 0.861. The highest BCUT2D eigenvalue weighted by atomic mass is 16.6. The zero-order chi connectivity index (χ0) is 32.9. The Morgan fingerprint density at radius 1 is 0.659 bits per heavy atom. The summed E-state index contributed by atoms with van der Waals surface area (Å²) < 4.78 is 17.1. The molecule has 1 N–H and O–H groups in total. The highest BCUT2D eigenvalue weighted by Gasteiger charge is 2.31. The number of esters is 2. The predicted octanol–water partition coefficient (Wildman–Crippen LogP) is 8.41. The van der Waals surface area contributed by atoms with Crippen molar-refractivity contribution in [3.63, 3.8) is 0 Å². The molecule has 0 heterocycles. The van der Waals surface area contributed by atoms with Crippen LogP contribution in [0.1, 0.15) is 149 Å². The van der Waals surface area contributed by atoms with Crippen LogP contribution in [0.3, 0.4) is 0 Å². The van der Waals surface area contributed by atoms with E-state index >= 15 is 0 Å². The smallest absolute Gasteiger partial charge is 0.362 e. The van der Waals surface area contributed by atoms with Gasteiger partial charge in [0.2, 0.25) is 0 Å². The van der Waals surface area contributed by atoms with Crippen molar-refractivity contribution in [2.75, 3.05) is 41.0 Å². The lowest BCUT2D eigenvalue weighted by atomic mass is 10.1. The molecule has 0 aromatic heterocycles. The van der Waals surface area contributed by atoms with Crippen LogP contribution in [0.4, 0.5) is 0 Å². The summed E-state index contributed by atoms with van der Waals surface area (Å²) in [7, 11) is 5.51. The van der Waals surface area contributed by atoms with Crippen molar-refractivity contribution < 1.29 is 38.2 Å². The number of unbranched alkanes of at least 4 members (excludes halogenated alkanes) is 15. The molecule has 2 atom stereocenters. The van der Waals surface area contributed by atoms with E-state index in [4.69, 9.17) is 14.2 Å². The van der Waals surface area contributed by atoms with Crippen molar-refractivity contribution in [1.29, 1.82) is 0 Å². The van der Waals surface area contributed by atoms with E-state index in [1.165, 1.54) is 57.8 Å². The summed E-state index contributed by atoms with van der Waals surface area (Å²) in [6, 6.07) is -0.610. The van der Waals surface area contributed by atoms with Gasteiger partial charge in [-0.1, -0.05) is 109 Å². The molecule has 0 aliphatic carbocycles. The number of rotatable bonds is 31. The summed E-state index contributed by atoms with van der Waals surface area (Å²) in [5.41, 5.74) is 0. The number of carboxylic acid groups (broad SMARTS) is 1. The van der Waals surface area contributed by atoms with Crippen LogP contribution in [0.5, 0.6) is 0 Å². The Balaban J connectivity index is 4.48. The molecule has 0 fully saturated rings. The average molecular weight is 627 g/mol. The molecule has 258 valence electrons. The zero-order valence-corrected chi connectivity index (χ0v) is 29.1. The van der Waals surface area contributed by atoms with E-state index in [0.717, 1.165) is 57.8 Å². The lowest BCUT2D eigenvalue weighted by Gasteiger charge is -2.31. The third-order valence-electron chi connectivity index (χ3n) is 7.91. The van der Waals surface area contributed by atoms with Gasteiger partial charge in [0.05, 0.1) is 34.4 Å². The van der Waals surface area contributed by atoms with Crippen molar-refractivity contribution in [1.82, 2.24) is 0 Å². The first-order valence-corrected chi connectivity index (χ1v) is 17.7. The van der Waals surface area contributed by atoms with Gasteiger partial charge in [0.25, 0.3) is 0 Å². The van der Waals surface area contributed by atoms with E-state index in [9.17, 15) is 19.5 Å². The second-order valence-electron chi connectivity index (χ2n) is 13.1. The van der Waals surface area contributed by atoms with Gasteiger partial charge in [0.1, 0.15) is 6.61 Å². The van der Waals surface area contributed by atoms with Crippen molar-refractivity contribution in [2.24, 2.45) is 0 Å². The van der Waals surface area contributed by atoms with E-state index in [1.54, 1.807) is 0 Å². The van der Waals surface area contributed by atoms with Gasteiger partial charge in [0.15, 0.2) is 12.1 Å². The number of allylic oxidation sites excluding steroid dienone is 2. The Bertz CT molecular complexity index is 747. The Hall–Kier alpha value is -1.93. The second-order valence-corrected chi connectivity index (χ2v) is 13.1. The minimum absolute atomic E-state index is 0.0512. The molecule has 0 aromatic carbocycles. The SMILES string of the molecule is CCCC/C=C/CCCCCCC(=O)OC(COCCC(C(=O)O)[N+](C)(C)C)COC(=O)CCCCCCCCCCCC. The van der Waals surface area contributed by atoms with Gasteiger partial charge in [-0.25, -0.2) is 4.79 Å². The summed E-state index contributed by atoms with van der Waals surface area (Å²) in [5.74, 6) is -1.48. The number of hydrogen-bond donors (Lipinski definition) is 1. The molecule has 0 rings (SSSR count). The number of ether oxygens (including phenoxy) is 3. The van der Waals surface area contributed by atoms with Crippen LogP contribution in [0.2, 0.25) is 0 Å². The van der Waals surface area contributed by atoms with Crippen LogP contribution in [0.15, 0.2) is 12.2 Å². The number of quaternary nitrogens is 1. The highest BCUT2D eigenvalue weighted by molar-refractivity contribution is 5.72. The number of carboxylic acids is 1. The Labute approximate surface area is 269 Å². The molecule has 0 aliphatic rings. The predicted molar refractivity (Wildman–Crippen MR) is 179 cm³/mol. The molecule has 44 heavy (non-hydrogen) atoms. The quantitative estimate of drug-likeness (QED) is 0.0357. The van der Waals surface area contributed by atoms with Crippen molar-refractivity contribution in [3.8, 4) is 0 Å². The first-order valence-electron chi connectivity index (χ1n) is 17.7. The molecule has 0 saturated heterocycles. The Morgan fingerprint density at radius 3 is 1.70 bits per heavy atom. The lowest BCUT2D eigenvalue weighted by Crippen LogP contribution is -2.50. The molecule has 8 nitrogen and oxygen atoms in total. The number of nitrogens with zero attached hydrogens (tertiary/aromatic N) is 1. The number of hydrogen-bond acceptors (Lipinski definition) is 6. The molecule has 0 bridgehead atoms. The molecule has 0 aromatic rings. The molecular formula is C36H68NO7+. The van der Waals surface area contributed by atoms with Crippen LogP contribution >= 0.6 is 0 Å². The topological polar surface area (TPSA) is 99.1 Å². The van der Waals surface area contributed by atoms with Gasteiger partial charge in [-0.2, -0.15) is 0 Å². The second kappa shape index (κ2) is 28.5. The van der Waals surface area contributed by atoms with Crippen LogP contribution < -0.4 is 0 Å². The third kappa shape index (κ3) is 26.5. The standard InChI is InChI=1S/C36H67NO7/c1-6-8-10-12-14-16-18-20-22-24-26-34(38)43-31-32(30-42-29-28-33(36(40)41)37(3,4)5)44-35(39)27-25-23-21-19-17-15-13-11-9-7-2/h13,15,32-33H,6-12,14,16-31H2,1-5H3/p+1/b15-13+. The summed E-state index contributed by atoms with van der Waals surface area (Å²) in [6.07, 6.45) is 25.4. The number of likely N-dealkylation sites (N-methyl/N-ethyl adjacent to an activating group) is 1. The normalized spacial score (nSPS) is 13.2. The van der Waals surface area contributed by atoms with E-state index in [0.29, 0.717) is 19.3 Å². The minimum atomic E-state index is -0.877. The van der Waals surface area contributed by atoms with Crippen LogP contribution in [-0.2, 0) is 28.6 Å². The maximum Gasteiger partial charge on any atom is 0.362 e. The van der Waals surface area contributed by atoms with Gasteiger partial charge in [-0.05, 0) is 32.1 Å². The highest BCUT2D eigenvalue weighted by Crippen LogP contribution is 2.13. The largest absolute Gasteiger partial charge is 0.477 e. The maximum atomic E-state index is 12.6. The number of aliphatic carboxylic acids is 1. The van der Waals surface area contributed by atoms with Gasteiger partial charge in [0, 0.05) is 19.3 Å². The van der Waals surface area contributed by atoms with Crippen molar-refractivity contribution in [2.45, 2.75) is 161 Å². The molecule has 0 spiro atoms. The summed E-state index contributed by atoms with van der Waals surface area (Å²) >= 11 is 0. The molecule has 0 aliphatic heterocycles. The molecule has 8 heteroatoms. The molecular weight excluding hydrogens is 558 g/mol. The molecule has 0 saturated carbocycles. The van der Waals surface area contributed by atoms with Crippen molar-refractivity contribution in [3.05, 3.63) is 12.2 Å². The summed E-state index contributed by atoms with van der Waals surface area (Å²) in [4.78, 5) is 36.6. The number of carbonyl (C=O) groups is 3. The molecule has 0 radical (unpaired) electrons. The molecule has 0 amide bonds. The lowest BCUT2D eigenvalue weighted by molar-refractivity contribution is -0.887. The summed E-state index contributed by atoms with van der Waals surface area (Å²) in [6.45, 7) is 4.65. The van der Waals surface area contributed by atoms with E-state index < -0.39 is 18.1 Å². The maximum absolute atomic E-state index is 12.6. The monoisotopic (exact) mass is 626 g/mol. The first kappa shape index (κ1) is 42.1. The average Bonchev–Trinajstić information content (AvgIpc) is 2.96.